The normalized spacial score (nSPS) is 10.0. The van der Waals surface area contributed by atoms with Crippen LogP contribution in [-0.4, -0.2) is 13.4 Å². The average Bonchev–Trinajstić information content (AvgIpc) is 2.05. The summed E-state index contributed by atoms with van der Waals surface area (Å²) in [4.78, 5) is 1.05. The van der Waals surface area contributed by atoms with Gasteiger partial charge in [0, 0.05) is 4.90 Å². The Morgan fingerprint density at radius 2 is 2.08 bits per heavy atom. The van der Waals surface area contributed by atoms with Gasteiger partial charge < -0.3 is 4.74 Å². The molecule has 0 fully saturated rings. The summed E-state index contributed by atoms with van der Waals surface area (Å²) in [5, 5.41) is 0. The van der Waals surface area contributed by atoms with Crippen molar-refractivity contribution >= 4 is 11.8 Å². The van der Waals surface area contributed by atoms with E-state index < -0.39 is 0 Å². The number of hydrogen-bond donors (Lipinski definition) is 0. The fraction of sp³-hybridized carbons (Fsp3) is 0.333. The summed E-state index contributed by atoms with van der Waals surface area (Å²) in [5.41, 5.74) is 0.945. The molecule has 1 aromatic carbocycles. The summed E-state index contributed by atoms with van der Waals surface area (Å²) < 4.78 is 17.9. The van der Waals surface area contributed by atoms with Crippen LogP contribution in [0.5, 0.6) is 5.75 Å². The molecule has 0 saturated carbocycles. The predicted molar refractivity (Wildman–Crippen MR) is 49.5 cm³/mol. The van der Waals surface area contributed by atoms with Crippen molar-refractivity contribution in [2.45, 2.75) is 11.8 Å². The molecule has 0 amide bonds. The van der Waals surface area contributed by atoms with Crippen molar-refractivity contribution in [2.75, 3.05) is 13.4 Å². The SMILES string of the molecule is COc1cc(SC)c(C)cc1F. The zero-order valence-electron chi connectivity index (χ0n) is 7.35. The number of thioether (sulfide) groups is 1. The predicted octanol–water partition coefficient (Wildman–Crippen LogP) is 2.86. The maximum absolute atomic E-state index is 13.0. The summed E-state index contributed by atoms with van der Waals surface area (Å²) in [6.07, 6.45) is 1.96. The smallest absolute Gasteiger partial charge is 0.165 e. The van der Waals surface area contributed by atoms with E-state index in [4.69, 9.17) is 4.74 Å². The van der Waals surface area contributed by atoms with E-state index in [0.29, 0.717) is 5.75 Å². The van der Waals surface area contributed by atoms with Crippen LogP contribution in [-0.2, 0) is 0 Å². The monoisotopic (exact) mass is 186 g/mol. The maximum Gasteiger partial charge on any atom is 0.165 e. The minimum Gasteiger partial charge on any atom is -0.494 e. The minimum absolute atomic E-state index is 0.298. The maximum atomic E-state index is 13.0. The van der Waals surface area contributed by atoms with Crippen LogP contribution >= 0.6 is 11.8 Å². The number of benzene rings is 1. The van der Waals surface area contributed by atoms with Gasteiger partial charge in [-0.15, -0.1) is 11.8 Å². The number of ether oxygens (including phenoxy) is 1. The second kappa shape index (κ2) is 3.81. The van der Waals surface area contributed by atoms with E-state index in [2.05, 4.69) is 0 Å². The van der Waals surface area contributed by atoms with Crippen molar-refractivity contribution in [1.29, 1.82) is 0 Å². The molecule has 66 valence electrons. The first kappa shape index (κ1) is 9.39. The van der Waals surface area contributed by atoms with Gasteiger partial charge in [-0.25, -0.2) is 4.39 Å². The molecule has 0 radical (unpaired) electrons. The van der Waals surface area contributed by atoms with E-state index in [1.165, 1.54) is 13.2 Å². The van der Waals surface area contributed by atoms with E-state index in [-0.39, 0.29) is 5.82 Å². The highest BCUT2D eigenvalue weighted by Gasteiger charge is 2.05. The summed E-state index contributed by atoms with van der Waals surface area (Å²) in [7, 11) is 1.47. The molecule has 0 aromatic heterocycles. The molecule has 0 bridgehead atoms. The molecule has 0 atom stereocenters. The van der Waals surface area contributed by atoms with Gasteiger partial charge in [-0.2, -0.15) is 0 Å². The van der Waals surface area contributed by atoms with Gasteiger partial charge in [-0.05, 0) is 30.9 Å². The van der Waals surface area contributed by atoms with Crippen LogP contribution in [0.15, 0.2) is 17.0 Å². The van der Waals surface area contributed by atoms with Crippen LogP contribution in [0.25, 0.3) is 0 Å². The molecule has 0 spiro atoms. The topological polar surface area (TPSA) is 9.23 Å². The summed E-state index contributed by atoms with van der Waals surface area (Å²) in [6.45, 7) is 1.88. The molecule has 0 saturated heterocycles. The fourth-order valence-electron chi connectivity index (χ4n) is 1.01. The highest BCUT2D eigenvalue weighted by molar-refractivity contribution is 7.98. The molecular formula is C9H11FOS. The largest absolute Gasteiger partial charge is 0.494 e. The van der Waals surface area contributed by atoms with Crippen molar-refractivity contribution in [3.05, 3.63) is 23.5 Å². The van der Waals surface area contributed by atoms with Crippen molar-refractivity contribution in [3.8, 4) is 5.75 Å². The van der Waals surface area contributed by atoms with Gasteiger partial charge >= 0.3 is 0 Å². The highest BCUT2D eigenvalue weighted by Crippen LogP contribution is 2.27. The first-order valence-corrected chi connectivity index (χ1v) is 4.79. The lowest BCUT2D eigenvalue weighted by molar-refractivity contribution is 0.385. The number of hydrogen-bond acceptors (Lipinski definition) is 2. The molecule has 0 aliphatic carbocycles. The Morgan fingerprint density at radius 1 is 1.42 bits per heavy atom. The Labute approximate surface area is 75.9 Å². The van der Waals surface area contributed by atoms with Gasteiger partial charge in [0.15, 0.2) is 11.6 Å². The molecule has 1 rings (SSSR count). The Kier molecular flexibility index (Phi) is 2.98. The van der Waals surface area contributed by atoms with E-state index in [1.807, 2.05) is 13.2 Å². The molecule has 1 aromatic rings. The molecule has 0 aliphatic rings. The zero-order valence-corrected chi connectivity index (χ0v) is 8.17. The first-order chi connectivity index (χ1) is 5.69. The standard InChI is InChI=1S/C9H11FOS/c1-6-4-7(10)8(11-2)5-9(6)12-3/h4-5H,1-3H3. The fourth-order valence-corrected chi connectivity index (χ4v) is 1.62. The van der Waals surface area contributed by atoms with Gasteiger partial charge in [0.25, 0.3) is 0 Å². The lowest BCUT2D eigenvalue weighted by atomic mass is 10.2. The van der Waals surface area contributed by atoms with E-state index in [9.17, 15) is 4.39 Å². The van der Waals surface area contributed by atoms with Crippen molar-refractivity contribution in [1.82, 2.24) is 0 Å². The molecule has 12 heavy (non-hydrogen) atoms. The van der Waals surface area contributed by atoms with Crippen LogP contribution < -0.4 is 4.74 Å². The third kappa shape index (κ3) is 1.72. The summed E-state index contributed by atoms with van der Waals surface area (Å²) >= 11 is 1.59. The first-order valence-electron chi connectivity index (χ1n) is 3.57. The summed E-state index contributed by atoms with van der Waals surface area (Å²) in [5.74, 6) is 0.0118. The van der Waals surface area contributed by atoms with Gasteiger partial charge in [0.05, 0.1) is 7.11 Å². The van der Waals surface area contributed by atoms with Crippen molar-refractivity contribution in [2.24, 2.45) is 0 Å². The second-order valence-electron chi connectivity index (χ2n) is 2.46. The van der Waals surface area contributed by atoms with Gasteiger partial charge in [0.1, 0.15) is 0 Å². The molecule has 3 heteroatoms. The van der Waals surface area contributed by atoms with Crippen LogP contribution in [0.1, 0.15) is 5.56 Å². The minimum atomic E-state index is -0.298. The average molecular weight is 186 g/mol. The summed E-state index contributed by atoms with van der Waals surface area (Å²) in [6, 6.07) is 3.21. The molecule has 0 heterocycles. The van der Waals surface area contributed by atoms with Gasteiger partial charge in [-0.3, -0.25) is 0 Å². The third-order valence-electron chi connectivity index (χ3n) is 1.67. The number of methoxy groups -OCH3 is 1. The Balaban J connectivity index is 3.18. The highest BCUT2D eigenvalue weighted by atomic mass is 32.2. The Morgan fingerprint density at radius 3 is 2.58 bits per heavy atom. The zero-order chi connectivity index (χ0) is 9.14. The van der Waals surface area contributed by atoms with Crippen LogP contribution in [0.3, 0.4) is 0 Å². The molecule has 0 aliphatic heterocycles. The lowest BCUT2D eigenvalue weighted by Gasteiger charge is -2.06. The molecular weight excluding hydrogens is 175 g/mol. The third-order valence-corrected chi connectivity index (χ3v) is 2.55. The quantitative estimate of drug-likeness (QED) is 0.657. The van der Waals surface area contributed by atoms with Crippen molar-refractivity contribution < 1.29 is 9.13 Å². The van der Waals surface area contributed by atoms with Crippen LogP contribution in [0.4, 0.5) is 4.39 Å². The van der Waals surface area contributed by atoms with Crippen LogP contribution in [0, 0.1) is 12.7 Å². The van der Waals surface area contributed by atoms with E-state index in [1.54, 1.807) is 17.8 Å². The van der Waals surface area contributed by atoms with E-state index in [0.717, 1.165) is 10.5 Å². The number of halogens is 1. The van der Waals surface area contributed by atoms with E-state index >= 15 is 0 Å². The van der Waals surface area contributed by atoms with Gasteiger partial charge in [0.2, 0.25) is 0 Å². The van der Waals surface area contributed by atoms with Crippen molar-refractivity contribution in [3.63, 3.8) is 0 Å². The number of rotatable bonds is 2. The molecule has 0 N–H and O–H groups in total. The Bertz CT molecular complexity index is 261. The van der Waals surface area contributed by atoms with Crippen LogP contribution in [0.2, 0.25) is 0 Å². The lowest BCUT2D eigenvalue weighted by Crippen LogP contribution is -1.90. The molecule has 1 nitrogen and oxygen atoms in total. The second-order valence-corrected chi connectivity index (χ2v) is 3.30. The number of aryl methyl sites for hydroxylation is 1. The Hall–Kier alpha value is -0.700. The van der Waals surface area contributed by atoms with Gasteiger partial charge in [-0.1, -0.05) is 0 Å². The molecule has 0 unspecified atom stereocenters.